The summed E-state index contributed by atoms with van der Waals surface area (Å²) in [6.07, 6.45) is 0. The van der Waals surface area contributed by atoms with Crippen LogP contribution in [-0.2, 0) is 10.8 Å². The summed E-state index contributed by atoms with van der Waals surface area (Å²) >= 11 is 1.87. The molecule has 0 amide bonds. The number of fused-ring (bicyclic) bond motifs is 9. The maximum absolute atomic E-state index is 2.52. The molecule has 0 radical (unpaired) electrons. The standard InChI is InChI=1S/C63H43NS/c1-62(43-21-8-3-9-22-43)56-31-18-29-49(42-19-6-2-7-20-42)61(56)53-37-34-47(40-57(53)62)64(46-35-38-60-54(39-46)52-28-15-17-32-59(52)65-60)48-33-36-51-50-27-14-16-30-55(50)63(58(51)41-48,44-23-10-4-11-24-44)45-25-12-5-13-26-45/h2-41H,1H3. The van der Waals surface area contributed by atoms with E-state index < -0.39 is 10.8 Å². The Morgan fingerprint density at radius 2 is 0.846 bits per heavy atom. The van der Waals surface area contributed by atoms with E-state index in [-0.39, 0.29) is 0 Å². The van der Waals surface area contributed by atoms with Crippen LogP contribution >= 0.6 is 11.3 Å². The van der Waals surface area contributed by atoms with Crippen molar-refractivity contribution in [2.45, 2.75) is 17.8 Å². The SMILES string of the molecule is CC1(c2ccccc2)c2cc(N(c3ccc4c(c3)C(c3ccccc3)(c3ccccc3)c3ccccc3-4)c3ccc4sc5ccccc5c4c3)ccc2-c2c(-c3ccccc3)cccc21. The number of hydrogen-bond acceptors (Lipinski definition) is 2. The first-order chi connectivity index (χ1) is 32.1. The summed E-state index contributed by atoms with van der Waals surface area (Å²) in [6, 6.07) is 90.6. The molecule has 10 aromatic carbocycles. The van der Waals surface area contributed by atoms with Crippen molar-refractivity contribution < 1.29 is 0 Å². The lowest BCUT2D eigenvalue weighted by Gasteiger charge is -2.35. The fourth-order valence-corrected chi connectivity index (χ4v) is 12.6. The van der Waals surface area contributed by atoms with Gasteiger partial charge in [-0.05, 0) is 128 Å². The minimum atomic E-state index is -0.525. The van der Waals surface area contributed by atoms with Gasteiger partial charge in [0.25, 0.3) is 0 Å². The van der Waals surface area contributed by atoms with Gasteiger partial charge < -0.3 is 4.90 Å². The molecule has 0 saturated heterocycles. The molecular weight excluding hydrogens is 803 g/mol. The van der Waals surface area contributed by atoms with E-state index in [0.717, 1.165) is 17.1 Å². The third-order valence-electron chi connectivity index (χ3n) is 14.4. The van der Waals surface area contributed by atoms with Crippen LogP contribution in [0.2, 0.25) is 0 Å². The number of thiophene rings is 1. The summed E-state index contributed by atoms with van der Waals surface area (Å²) in [7, 11) is 0. The van der Waals surface area contributed by atoms with Crippen molar-refractivity contribution in [1.82, 2.24) is 0 Å². The Labute approximate surface area is 384 Å². The molecule has 65 heavy (non-hydrogen) atoms. The van der Waals surface area contributed by atoms with Crippen LogP contribution in [0, 0.1) is 0 Å². The number of hydrogen-bond donors (Lipinski definition) is 0. The molecule has 1 nitrogen and oxygen atoms in total. The minimum absolute atomic E-state index is 0.402. The molecule has 0 bridgehead atoms. The summed E-state index contributed by atoms with van der Waals surface area (Å²) in [4.78, 5) is 2.52. The summed E-state index contributed by atoms with van der Waals surface area (Å²) in [5, 5.41) is 2.57. The highest BCUT2D eigenvalue weighted by molar-refractivity contribution is 7.25. The highest BCUT2D eigenvalue weighted by Gasteiger charge is 2.47. The number of nitrogens with zero attached hydrogens (tertiary/aromatic N) is 1. The first kappa shape index (κ1) is 37.7. The van der Waals surface area contributed by atoms with Gasteiger partial charge in [0, 0.05) is 42.6 Å². The van der Waals surface area contributed by atoms with Gasteiger partial charge in [0.15, 0.2) is 0 Å². The van der Waals surface area contributed by atoms with Crippen LogP contribution in [0.15, 0.2) is 243 Å². The van der Waals surface area contributed by atoms with E-state index in [1.165, 1.54) is 92.5 Å². The topological polar surface area (TPSA) is 3.24 Å². The van der Waals surface area contributed by atoms with Crippen LogP contribution in [0.3, 0.4) is 0 Å². The Hall–Kier alpha value is -7.78. The second-order valence-electron chi connectivity index (χ2n) is 17.7. The Morgan fingerprint density at radius 3 is 1.57 bits per heavy atom. The summed E-state index contributed by atoms with van der Waals surface area (Å²) in [6.45, 7) is 2.43. The van der Waals surface area contributed by atoms with Crippen molar-refractivity contribution in [3.63, 3.8) is 0 Å². The third-order valence-corrected chi connectivity index (χ3v) is 15.6. The van der Waals surface area contributed by atoms with E-state index in [9.17, 15) is 0 Å². The van der Waals surface area contributed by atoms with Crippen molar-refractivity contribution in [3.05, 3.63) is 282 Å². The van der Waals surface area contributed by atoms with Gasteiger partial charge >= 0.3 is 0 Å². The first-order valence-electron chi connectivity index (χ1n) is 22.6. The fraction of sp³-hybridized carbons (Fsp3) is 0.0476. The smallest absolute Gasteiger partial charge is 0.0714 e. The summed E-state index contributed by atoms with van der Waals surface area (Å²) in [5.74, 6) is 0. The molecule has 0 N–H and O–H groups in total. The van der Waals surface area contributed by atoms with E-state index in [2.05, 4.69) is 254 Å². The quantitative estimate of drug-likeness (QED) is 0.154. The van der Waals surface area contributed by atoms with Crippen molar-refractivity contribution in [3.8, 4) is 33.4 Å². The highest BCUT2D eigenvalue weighted by atomic mass is 32.1. The van der Waals surface area contributed by atoms with Gasteiger partial charge in [-0.1, -0.05) is 194 Å². The van der Waals surface area contributed by atoms with Crippen LogP contribution in [0.4, 0.5) is 17.1 Å². The predicted octanol–water partition coefficient (Wildman–Crippen LogP) is 16.9. The zero-order valence-corrected chi connectivity index (χ0v) is 36.8. The molecule has 11 aromatic rings. The second kappa shape index (κ2) is 14.6. The van der Waals surface area contributed by atoms with Gasteiger partial charge in [0.05, 0.1) is 5.41 Å². The van der Waals surface area contributed by atoms with Crippen molar-refractivity contribution in [1.29, 1.82) is 0 Å². The summed E-state index contributed by atoms with van der Waals surface area (Å²) in [5.41, 5.74) is 19.1. The van der Waals surface area contributed by atoms with Gasteiger partial charge in [0.2, 0.25) is 0 Å². The zero-order valence-electron chi connectivity index (χ0n) is 35.9. The molecule has 1 aromatic heterocycles. The fourth-order valence-electron chi connectivity index (χ4n) is 11.5. The number of benzene rings is 10. The molecule has 0 spiro atoms. The zero-order chi connectivity index (χ0) is 43.1. The minimum Gasteiger partial charge on any atom is -0.310 e. The third kappa shape index (κ3) is 5.51. The Bertz CT molecular complexity index is 3570. The molecule has 2 aliphatic rings. The molecule has 13 rings (SSSR count). The lowest BCUT2D eigenvalue weighted by Crippen LogP contribution is -2.28. The Morgan fingerprint density at radius 1 is 0.338 bits per heavy atom. The molecule has 1 unspecified atom stereocenters. The van der Waals surface area contributed by atoms with Gasteiger partial charge in [-0.25, -0.2) is 0 Å². The maximum Gasteiger partial charge on any atom is 0.0714 e. The van der Waals surface area contributed by atoms with E-state index in [1.54, 1.807) is 0 Å². The average Bonchev–Trinajstić information content (AvgIpc) is 3.99. The van der Waals surface area contributed by atoms with Crippen LogP contribution in [-0.4, -0.2) is 0 Å². The molecular formula is C63H43NS. The normalized spacial score (nSPS) is 15.3. The lowest BCUT2D eigenvalue weighted by atomic mass is 9.67. The van der Waals surface area contributed by atoms with Crippen LogP contribution in [0.25, 0.3) is 53.6 Å². The van der Waals surface area contributed by atoms with E-state index in [4.69, 9.17) is 0 Å². The van der Waals surface area contributed by atoms with Crippen molar-refractivity contribution in [2.75, 3.05) is 4.90 Å². The van der Waals surface area contributed by atoms with Gasteiger partial charge in [-0.2, -0.15) is 0 Å². The Kier molecular flexibility index (Phi) is 8.50. The van der Waals surface area contributed by atoms with E-state index in [0.29, 0.717) is 0 Å². The molecule has 1 atom stereocenters. The van der Waals surface area contributed by atoms with E-state index in [1.807, 2.05) is 11.3 Å². The summed E-state index contributed by atoms with van der Waals surface area (Å²) < 4.78 is 2.60. The average molecular weight is 846 g/mol. The predicted molar refractivity (Wildman–Crippen MR) is 274 cm³/mol. The first-order valence-corrected chi connectivity index (χ1v) is 23.4. The van der Waals surface area contributed by atoms with Gasteiger partial charge in [0.1, 0.15) is 0 Å². The molecule has 0 fully saturated rings. The molecule has 2 aliphatic carbocycles. The van der Waals surface area contributed by atoms with Crippen LogP contribution in [0.1, 0.15) is 45.9 Å². The molecule has 1 heterocycles. The Balaban J connectivity index is 1.09. The molecule has 2 heteroatoms. The molecule has 0 aliphatic heterocycles. The number of anilines is 3. The second-order valence-corrected chi connectivity index (χ2v) is 18.8. The number of rotatable bonds is 7. The highest BCUT2D eigenvalue weighted by Crippen LogP contribution is 2.59. The van der Waals surface area contributed by atoms with Crippen LogP contribution in [0.5, 0.6) is 0 Å². The lowest BCUT2D eigenvalue weighted by molar-refractivity contribution is 0.714. The van der Waals surface area contributed by atoms with Crippen LogP contribution < -0.4 is 4.90 Å². The van der Waals surface area contributed by atoms with Gasteiger partial charge in [-0.15, -0.1) is 11.3 Å². The van der Waals surface area contributed by atoms with E-state index >= 15 is 0 Å². The van der Waals surface area contributed by atoms with Gasteiger partial charge in [-0.3, -0.25) is 0 Å². The monoisotopic (exact) mass is 845 g/mol. The van der Waals surface area contributed by atoms with Crippen molar-refractivity contribution in [2.24, 2.45) is 0 Å². The molecule has 306 valence electrons. The van der Waals surface area contributed by atoms with Crippen molar-refractivity contribution >= 4 is 48.6 Å². The maximum atomic E-state index is 2.52. The molecule has 0 saturated carbocycles. The largest absolute Gasteiger partial charge is 0.310 e.